The van der Waals surface area contributed by atoms with Crippen molar-refractivity contribution in [1.29, 1.82) is 0 Å². The molecule has 0 aliphatic rings. The first-order chi connectivity index (χ1) is 6.07. The molecule has 0 saturated carbocycles. The molecule has 1 aromatic carbocycles. The van der Waals surface area contributed by atoms with E-state index in [1.54, 1.807) is 0 Å². The molecule has 0 aliphatic heterocycles. The molecule has 0 aliphatic carbocycles. The van der Waals surface area contributed by atoms with E-state index in [4.69, 9.17) is 0 Å². The maximum absolute atomic E-state index is 13.0. The normalized spacial score (nSPS) is 12.7. The summed E-state index contributed by atoms with van der Waals surface area (Å²) in [6.45, 7) is 1.45. The summed E-state index contributed by atoms with van der Waals surface area (Å²) in [5, 5.41) is 9.18. The highest BCUT2D eigenvalue weighted by atomic mass is 19.2. The summed E-state index contributed by atoms with van der Waals surface area (Å²) in [4.78, 5) is 0. The summed E-state index contributed by atoms with van der Waals surface area (Å²) in [7, 11) is 1.23. The zero-order chi connectivity index (χ0) is 10.0. The fraction of sp³-hybridized carbons (Fsp3) is 0.333. The SMILES string of the molecule is COc1c(C(C)O)ccc(F)c1F. The van der Waals surface area contributed by atoms with Gasteiger partial charge in [0.1, 0.15) is 0 Å². The molecule has 1 N–H and O–H groups in total. The van der Waals surface area contributed by atoms with E-state index < -0.39 is 17.7 Å². The Morgan fingerprint density at radius 2 is 2.00 bits per heavy atom. The molecule has 0 saturated heterocycles. The lowest BCUT2D eigenvalue weighted by Crippen LogP contribution is -2.00. The molecular formula is C9H10F2O2. The van der Waals surface area contributed by atoms with Crippen molar-refractivity contribution in [3.8, 4) is 5.75 Å². The third-order valence-electron chi connectivity index (χ3n) is 1.73. The minimum atomic E-state index is -1.07. The first-order valence-electron chi connectivity index (χ1n) is 3.78. The van der Waals surface area contributed by atoms with E-state index in [-0.39, 0.29) is 11.3 Å². The largest absolute Gasteiger partial charge is 0.493 e. The maximum Gasteiger partial charge on any atom is 0.200 e. The Kier molecular flexibility index (Phi) is 2.83. The van der Waals surface area contributed by atoms with Crippen LogP contribution in [0.5, 0.6) is 5.75 Å². The molecule has 0 aromatic heterocycles. The molecule has 4 heteroatoms. The van der Waals surface area contributed by atoms with Crippen molar-refractivity contribution in [3.05, 3.63) is 29.3 Å². The lowest BCUT2D eigenvalue weighted by molar-refractivity contribution is 0.192. The smallest absolute Gasteiger partial charge is 0.200 e. The summed E-state index contributed by atoms with van der Waals surface area (Å²) in [6.07, 6.45) is -0.884. The predicted molar refractivity (Wildman–Crippen MR) is 43.5 cm³/mol. The second kappa shape index (κ2) is 3.70. The van der Waals surface area contributed by atoms with Crippen LogP contribution >= 0.6 is 0 Å². The molecule has 0 amide bonds. The van der Waals surface area contributed by atoms with Crippen molar-refractivity contribution in [2.45, 2.75) is 13.0 Å². The Morgan fingerprint density at radius 3 is 2.46 bits per heavy atom. The van der Waals surface area contributed by atoms with Gasteiger partial charge >= 0.3 is 0 Å². The van der Waals surface area contributed by atoms with Crippen molar-refractivity contribution in [2.24, 2.45) is 0 Å². The molecule has 1 atom stereocenters. The average Bonchev–Trinajstić information content (AvgIpc) is 2.09. The van der Waals surface area contributed by atoms with Gasteiger partial charge < -0.3 is 9.84 Å². The quantitative estimate of drug-likeness (QED) is 0.769. The number of aliphatic hydroxyl groups is 1. The number of rotatable bonds is 2. The van der Waals surface area contributed by atoms with E-state index in [2.05, 4.69) is 4.74 Å². The Morgan fingerprint density at radius 1 is 1.38 bits per heavy atom. The Labute approximate surface area is 74.8 Å². The van der Waals surface area contributed by atoms with Crippen LogP contribution in [-0.2, 0) is 0 Å². The summed E-state index contributed by atoms with van der Waals surface area (Å²) in [5.74, 6) is -2.29. The van der Waals surface area contributed by atoms with Crippen LogP contribution in [-0.4, -0.2) is 12.2 Å². The van der Waals surface area contributed by atoms with Gasteiger partial charge in [-0.3, -0.25) is 0 Å². The number of methoxy groups -OCH3 is 1. The van der Waals surface area contributed by atoms with Crippen LogP contribution in [0, 0.1) is 11.6 Å². The van der Waals surface area contributed by atoms with Crippen LogP contribution in [0.1, 0.15) is 18.6 Å². The summed E-state index contributed by atoms with van der Waals surface area (Å²) >= 11 is 0. The number of aliphatic hydroxyl groups excluding tert-OH is 1. The molecule has 0 spiro atoms. The molecule has 1 unspecified atom stereocenters. The molecule has 0 fully saturated rings. The van der Waals surface area contributed by atoms with Crippen molar-refractivity contribution >= 4 is 0 Å². The molecule has 0 radical (unpaired) electrons. The van der Waals surface area contributed by atoms with Gasteiger partial charge in [-0.25, -0.2) is 4.39 Å². The van der Waals surface area contributed by atoms with Crippen LogP contribution in [0.4, 0.5) is 8.78 Å². The maximum atomic E-state index is 13.0. The number of hydrogen-bond donors (Lipinski definition) is 1. The van der Waals surface area contributed by atoms with Gasteiger partial charge in [-0.15, -0.1) is 0 Å². The van der Waals surface area contributed by atoms with Gasteiger partial charge in [0.25, 0.3) is 0 Å². The van der Waals surface area contributed by atoms with E-state index in [0.29, 0.717) is 0 Å². The zero-order valence-electron chi connectivity index (χ0n) is 7.34. The number of hydrogen-bond acceptors (Lipinski definition) is 2. The second-order valence-corrected chi connectivity index (χ2v) is 2.66. The molecule has 1 aromatic rings. The molecule has 0 heterocycles. The fourth-order valence-corrected chi connectivity index (χ4v) is 1.08. The van der Waals surface area contributed by atoms with Crippen LogP contribution in [0.25, 0.3) is 0 Å². The van der Waals surface area contributed by atoms with Gasteiger partial charge in [-0.05, 0) is 19.1 Å². The fourth-order valence-electron chi connectivity index (χ4n) is 1.08. The van der Waals surface area contributed by atoms with Crippen LogP contribution < -0.4 is 4.74 Å². The van der Waals surface area contributed by atoms with Gasteiger partial charge in [0.05, 0.1) is 13.2 Å². The van der Waals surface area contributed by atoms with Gasteiger partial charge in [0, 0.05) is 5.56 Å². The summed E-state index contributed by atoms with van der Waals surface area (Å²) < 4.78 is 30.3. The van der Waals surface area contributed by atoms with Crippen molar-refractivity contribution in [3.63, 3.8) is 0 Å². The van der Waals surface area contributed by atoms with E-state index in [9.17, 15) is 13.9 Å². The standard InChI is InChI=1S/C9H10F2O2/c1-5(12)6-3-4-7(10)8(11)9(6)13-2/h3-5,12H,1-2H3. The lowest BCUT2D eigenvalue weighted by atomic mass is 10.1. The highest BCUT2D eigenvalue weighted by molar-refractivity contribution is 5.36. The van der Waals surface area contributed by atoms with Gasteiger partial charge in [-0.1, -0.05) is 0 Å². The predicted octanol–water partition coefficient (Wildman–Crippen LogP) is 2.03. The first kappa shape index (κ1) is 9.92. The summed E-state index contributed by atoms with van der Waals surface area (Å²) in [6, 6.07) is 2.25. The molecule has 1 rings (SSSR count). The number of halogens is 2. The van der Waals surface area contributed by atoms with E-state index in [1.807, 2.05) is 0 Å². The van der Waals surface area contributed by atoms with Gasteiger partial charge in [-0.2, -0.15) is 4.39 Å². The van der Waals surface area contributed by atoms with E-state index in [1.165, 1.54) is 20.1 Å². The summed E-state index contributed by atoms with van der Waals surface area (Å²) in [5.41, 5.74) is 0.237. The first-order valence-corrected chi connectivity index (χ1v) is 3.78. The molecule has 0 bridgehead atoms. The van der Waals surface area contributed by atoms with E-state index in [0.717, 1.165) is 6.07 Å². The van der Waals surface area contributed by atoms with Crippen molar-refractivity contribution in [2.75, 3.05) is 7.11 Å². The van der Waals surface area contributed by atoms with Crippen molar-refractivity contribution in [1.82, 2.24) is 0 Å². The monoisotopic (exact) mass is 188 g/mol. The molecule has 2 nitrogen and oxygen atoms in total. The number of benzene rings is 1. The minimum Gasteiger partial charge on any atom is -0.493 e. The third kappa shape index (κ3) is 1.78. The lowest BCUT2D eigenvalue weighted by Gasteiger charge is -2.11. The number of ether oxygens (including phenoxy) is 1. The van der Waals surface area contributed by atoms with Gasteiger partial charge in [0.2, 0.25) is 5.82 Å². The van der Waals surface area contributed by atoms with E-state index >= 15 is 0 Å². The zero-order valence-corrected chi connectivity index (χ0v) is 7.34. The van der Waals surface area contributed by atoms with Crippen LogP contribution in [0.3, 0.4) is 0 Å². The molecule has 13 heavy (non-hydrogen) atoms. The second-order valence-electron chi connectivity index (χ2n) is 2.66. The van der Waals surface area contributed by atoms with Crippen LogP contribution in [0.15, 0.2) is 12.1 Å². The molecular weight excluding hydrogens is 178 g/mol. The third-order valence-corrected chi connectivity index (χ3v) is 1.73. The Balaban J connectivity index is 3.30. The highest BCUT2D eigenvalue weighted by Gasteiger charge is 2.16. The van der Waals surface area contributed by atoms with Crippen LogP contribution in [0.2, 0.25) is 0 Å². The average molecular weight is 188 g/mol. The Bertz CT molecular complexity index is 311. The van der Waals surface area contributed by atoms with Gasteiger partial charge in [0.15, 0.2) is 11.6 Å². The molecule has 72 valence electrons. The topological polar surface area (TPSA) is 29.5 Å². The van der Waals surface area contributed by atoms with Crippen molar-refractivity contribution < 1.29 is 18.6 Å². The highest BCUT2D eigenvalue weighted by Crippen LogP contribution is 2.29. The Hall–Kier alpha value is -1.16. The minimum absolute atomic E-state index is 0.237.